The number of carbonyl (C=O) groups excluding carboxylic acids is 1. The van der Waals surface area contributed by atoms with Gasteiger partial charge in [-0.2, -0.15) is 0 Å². The lowest BCUT2D eigenvalue weighted by atomic mass is 9.52. The van der Waals surface area contributed by atoms with Gasteiger partial charge in [-0.25, -0.2) is 8.42 Å². The zero-order chi connectivity index (χ0) is 19.6. The van der Waals surface area contributed by atoms with Crippen LogP contribution >= 0.6 is 11.6 Å². The Morgan fingerprint density at radius 2 is 1.70 bits per heavy atom. The largest absolute Gasteiger partial charge is 0.390 e. The molecule has 1 amide bonds. The van der Waals surface area contributed by atoms with Crippen LogP contribution in [0.1, 0.15) is 46.0 Å². The molecule has 7 heteroatoms. The normalized spacial score (nSPS) is 35.3. The first-order valence-corrected chi connectivity index (χ1v) is 11.4. The number of hydrogen-bond donors (Lipinski definition) is 2. The highest BCUT2D eigenvalue weighted by Crippen LogP contribution is 2.55. The molecule has 4 fully saturated rings. The van der Waals surface area contributed by atoms with E-state index in [9.17, 15) is 18.3 Å². The average Bonchev–Trinajstić information content (AvgIpc) is 2.56. The minimum absolute atomic E-state index is 0.0472. The smallest absolute Gasteiger partial charge is 0.241 e. The predicted octanol–water partition coefficient (Wildman–Crippen LogP) is 2.95. The number of benzene rings is 1. The quantitative estimate of drug-likeness (QED) is 0.797. The molecule has 0 saturated heterocycles. The summed E-state index contributed by atoms with van der Waals surface area (Å²) in [5.74, 6) is 0.534. The molecule has 0 spiro atoms. The van der Waals surface area contributed by atoms with E-state index in [1.165, 1.54) is 38.1 Å². The van der Waals surface area contributed by atoms with E-state index in [1.807, 2.05) is 0 Å². The Hall–Kier alpha value is -1.11. The topological polar surface area (TPSA) is 83.5 Å². The minimum atomic E-state index is -3.86. The molecule has 2 N–H and O–H groups in total. The van der Waals surface area contributed by atoms with Crippen LogP contribution in [0.15, 0.2) is 29.2 Å². The number of sulfone groups is 1. The second kappa shape index (κ2) is 6.19. The van der Waals surface area contributed by atoms with Gasteiger partial charge in [0, 0.05) is 11.1 Å². The van der Waals surface area contributed by atoms with Gasteiger partial charge in [0.25, 0.3) is 0 Å². The van der Waals surface area contributed by atoms with Gasteiger partial charge in [0.15, 0.2) is 9.84 Å². The van der Waals surface area contributed by atoms with Crippen molar-refractivity contribution in [3.05, 3.63) is 29.3 Å². The van der Waals surface area contributed by atoms with Gasteiger partial charge < -0.3 is 10.4 Å². The van der Waals surface area contributed by atoms with Crippen LogP contribution in [0, 0.1) is 17.8 Å². The summed E-state index contributed by atoms with van der Waals surface area (Å²) in [6.07, 6.45) is 4.30. The van der Waals surface area contributed by atoms with Crippen molar-refractivity contribution in [3.8, 4) is 0 Å². The second-order valence-electron chi connectivity index (χ2n) is 9.16. The Labute approximate surface area is 165 Å². The predicted molar refractivity (Wildman–Crippen MR) is 103 cm³/mol. The maximum absolute atomic E-state index is 13.1. The van der Waals surface area contributed by atoms with Gasteiger partial charge in [0.2, 0.25) is 5.91 Å². The number of carbonyl (C=O) groups is 1. The Kier molecular flexibility index (Phi) is 4.41. The first-order valence-electron chi connectivity index (χ1n) is 9.55. The molecule has 0 heterocycles. The van der Waals surface area contributed by atoms with Crippen LogP contribution in [-0.4, -0.2) is 35.8 Å². The second-order valence-corrected chi connectivity index (χ2v) is 12.1. The third kappa shape index (κ3) is 3.10. The molecule has 1 aromatic carbocycles. The van der Waals surface area contributed by atoms with Crippen LogP contribution in [0.4, 0.5) is 0 Å². The van der Waals surface area contributed by atoms with Crippen molar-refractivity contribution in [3.63, 3.8) is 0 Å². The minimum Gasteiger partial charge on any atom is -0.390 e. The molecule has 1 aromatic rings. The molecule has 148 valence electrons. The van der Waals surface area contributed by atoms with Crippen molar-refractivity contribution >= 4 is 27.3 Å². The number of amides is 1. The fourth-order valence-corrected chi connectivity index (χ4v) is 7.09. The zero-order valence-corrected chi connectivity index (χ0v) is 17.2. The number of nitrogens with one attached hydrogen (secondary N) is 1. The van der Waals surface area contributed by atoms with Crippen LogP contribution in [0.2, 0.25) is 5.02 Å². The highest BCUT2D eigenvalue weighted by atomic mass is 35.5. The molecule has 4 saturated carbocycles. The number of hydrogen-bond acceptors (Lipinski definition) is 4. The number of halogens is 1. The molecule has 4 bridgehead atoms. The Morgan fingerprint density at radius 3 is 2.22 bits per heavy atom. The maximum atomic E-state index is 13.1. The molecule has 27 heavy (non-hydrogen) atoms. The van der Waals surface area contributed by atoms with Crippen molar-refractivity contribution in [1.82, 2.24) is 5.32 Å². The summed E-state index contributed by atoms with van der Waals surface area (Å²) in [7, 11) is -3.86. The summed E-state index contributed by atoms with van der Waals surface area (Å²) in [6, 6.07) is 5.85. The van der Waals surface area contributed by atoms with E-state index in [0.29, 0.717) is 23.8 Å². The van der Waals surface area contributed by atoms with E-state index in [1.54, 1.807) is 0 Å². The SMILES string of the molecule is CC(C)(C(=O)NC1[C@@H]2CC3C[C@H]1CC(O)(C3)C2)S(=O)(=O)c1ccc(Cl)cc1. The summed E-state index contributed by atoms with van der Waals surface area (Å²) in [4.78, 5) is 13.1. The van der Waals surface area contributed by atoms with E-state index in [0.717, 1.165) is 19.3 Å². The third-order valence-electron chi connectivity index (χ3n) is 6.88. The fourth-order valence-electron chi connectivity index (χ4n) is 5.57. The Balaban J connectivity index is 1.55. The molecule has 5 nitrogen and oxygen atoms in total. The lowest BCUT2D eigenvalue weighted by Crippen LogP contribution is -2.63. The average molecular weight is 412 g/mol. The highest BCUT2D eigenvalue weighted by molar-refractivity contribution is 7.93. The molecule has 3 unspecified atom stereocenters. The van der Waals surface area contributed by atoms with Crippen LogP contribution in [-0.2, 0) is 14.6 Å². The van der Waals surface area contributed by atoms with Gasteiger partial charge in [-0.3, -0.25) is 4.79 Å². The van der Waals surface area contributed by atoms with Gasteiger partial charge in [-0.15, -0.1) is 0 Å². The lowest BCUT2D eigenvalue weighted by Gasteiger charge is -2.58. The van der Waals surface area contributed by atoms with Gasteiger partial charge in [0.05, 0.1) is 10.5 Å². The highest BCUT2D eigenvalue weighted by Gasteiger charge is 2.56. The molecular formula is C20H26ClNO4S. The van der Waals surface area contributed by atoms with Gasteiger partial charge in [0.1, 0.15) is 4.75 Å². The summed E-state index contributed by atoms with van der Waals surface area (Å²) in [6.45, 7) is 2.91. The summed E-state index contributed by atoms with van der Waals surface area (Å²) < 4.78 is 24.5. The van der Waals surface area contributed by atoms with E-state index < -0.39 is 26.1 Å². The van der Waals surface area contributed by atoms with Gasteiger partial charge in [-0.1, -0.05) is 11.6 Å². The molecule has 5 rings (SSSR count). The molecule has 0 radical (unpaired) electrons. The van der Waals surface area contributed by atoms with Crippen LogP contribution in [0.25, 0.3) is 0 Å². The van der Waals surface area contributed by atoms with Crippen LogP contribution < -0.4 is 5.32 Å². The van der Waals surface area contributed by atoms with Crippen molar-refractivity contribution in [2.24, 2.45) is 17.8 Å². The van der Waals surface area contributed by atoms with Crippen LogP contribution in [0.3, 0.4) is 0 Å². The van der Waals surface area contributed by atoms with Crippen molar-refractivity contribution in [2.45, 2.75) is 67.2 Å². The zero-order valence-electron chi connectivity index (χ0n) is 15.6. The number of rotatable bonds is 4. The molecule has 0 aliphatic heterocycles. The summed E-state index contributed by atoms with van der Waals surface area (Å²) >= 11 is 5.85. The molecule has 4 aliphatic rings. The standard InChI is InChI=1S/C20H26ClNO4S/c1-19(2,27(25,26)16-5-3-15(21)4-6-16)18(23)22-17-13-7-12-8-14(17)11-20(24,9-12)10-13/h3-6,12-14,17,24H,7-11H2,1-2H3,(H,22,23)/t12?,13-,14+,17?,20?. The fraction of sp³-hybridized carbons (Fsp3) is 0.650. The lowest BCUT2D eigenvalue weighted by molar-refractivity contribution is -0.147. The Morgan fingerprint density at radius 1 is 1.15 bits per heavy atom. The van der Waals surface area contributed by atoms with E-state index in [4.69, 9.17) is 11.6 Å². The molecular weight excluding hydrogens is 386 g/mol. The first-order chi connectivity index (χ1) is 12.5. The number of aliphatic hydroxyl groups is 1. The third-order valence-corrected chi connectivity index (χ3v) is 9.55. The molecule has 5 atom stereocenters. The van der Waals surface area contributed by atoms with E-state index >= 15 is 0 Å². The van der Waals surface area contributed by atoms with Crippen LogP contribution in [0.5, 0.6) is 0 Å². The first kappa shape index (κ1) is 19.2. The van der Waals surface area contributed by atoms with Crippen molar-refractivity contribution < 1.29 is 18.3 Å². The molecule has 0 aromatic heterocycles. The molecule has 4 aliphatic carbocycles. The monoisotopic (exact) mass is 411 g/mol. The maximum Gasteiger partial charge on any atom is 0.241 e. The van der Waals surface area contributed by atoms with E-state index in [-0.39, 0.29) is 22.8 Å². The van der Waals surface area contributed by atoms with Crippen molar-refractivity contribution in [1.29, 1.82) is 0 Å². The van der Waals surface area contributed by atoms with Gasteiger partial charge >= 0.3 is 0 Å². The van der Waals surface area contributed by atoms with Gasteiger partial charge in [-0.05, 0) is 88.0 Å². The van der Waals surface area contributed by atoms with E-state index in [2.05, 4.69) is 5.32 Å². The summed E-state index contributed by atoms with van der Waals surface area (Å²) in [5, 5.41) is 14.2. The summed E-state index contributed by atoms with van der Waals surface area (Å²) in [5.41, 5.74) is -0.581. The Bertz CT molecular complexity index is 848. The van der Waals surface area contributed by atoms with Crippen molar-refractivity contribution in [2.75, 3.05) is 0 Å².